The molecule has 0 fully saturated rings. The van der Waals surface area contributed by atoms with E-state index in [0.717, 1.165) is 0 Å². The van der Waals surface area contributed by atoms with Gasteiger partial charge in [-0.15, -0.1) is 0 Å². The molecule has 1 aromatic heterocycles. The van der Waals surface area contributed by atoms with Gasteiger partial charge in [0.1, 0.15) is 18.1 Å². The SMILES string of the molecule is CCC(C)C(NC(=O)C(Cc1cnc[nH]1)NC(=O)C(N)C(C)C)C(=O)NC(CCC(=O)O)C(=O)O. The van der Waals surface area contributed by atoms with Crippen molar-refractivity contribution in [2.45, 2.75) is 77.5 Å². The first-order valence-electron chi connectivity index (χ1n) is 11.5. The number of hydrogen-bond donors (Lipinski definition) is 7. The summed E-state index contributed by atoms with van der Waals surface area (Å²) in [6.45, 7) is 7.03. The normalized spacial score (nSPS) is 15.4. The highest BCUT2D eigenvalue weighted by molar-refractivity contribution is 5.94. The first-order valence-corrected chi connectivity index (χ1v) is 11.5. The lowest BCUT2D eigenvalue weighted by atomic mass is 9.96. The van der Waals surface area contributed by atoms with E-state index in [9.17, 15) is 29.1 Å². The molecule has 0 aliphatic heterocycles. The average Bonchev–Trinajstić information content (AvgIpc) is 3.30. The van der Waals surface area contributed by atoms with E-state index in [1.54, 1.807) is 27.7 Å². The minimum atomic E-state index is -1.44. The minimum Gasteiger partial charge on any atom is -0.481 e. The lowest BCUT2D eigenvalue weighted by molar-refractivity contribution is -0.143. The number of amides is 3. The molecule has 1 aromatic rings. The summed E-state index contributed by atoms with van der Waals surface area (Å²) in [4.78, 5) is 67.7. The second-order valence-corrected chi connectivity index (χ2v) is 8.82. The topological polar surface area (TPSA) is 217 Å². The lowest BCUT2D eigenvalue weighted by Crippen LogP contribution is -2.59. The van der Waals surface area contributed by atoms with Crippen molar-refractivity contribution in [2.75, 3.05) is 0 Å². The Bertz CT molecular complexity index is 874. The van der Waals surface area contributed by atoms with Gasteiger partial charge in [-0.1, -0.05) is 34.1 Å². The van der Waals surface area contributed by atoms with Gasteiger partial charge in [-0.05, 0) is 18.3 Å². The molecule has 0 bridgehead atoms. The molecule has 1 rings (SSSR count). The summed E-state index contributed by atoms with van der Waals surface area (Å²) in [5.41, 5.74) is 6.47. The second-order valence-electron chi connectivity index (χ2n) is 8.82. The third-order valence-corrected chi connectivity index (χ3v) is 5.69. The van der Waals surface area contributed by atoms with Crippen LogP contribution >= 0.6 is 0 Å². The summed E-state index contributed by atoms with van der Waals surface area (Å²) in [6.07, 6.45) is 2.67. The van der Waals surface area contributed by atoms with E-state index in [1.165, 1.54) is 12.5 Å². The van der Waals surface area contributed by atoms with Crippen LogP contribution in [0.25, 0.3) is 0 Å². The van der Waals surface area contributed by atoms with Crippen LogP contribution in [0.2, 0.25) is 0 Å². The number of carboxylic acid groups (broad SMARTS) is 2. The van der Waals surface area contributed by atoms with Gasteiger partial charge in [0, 0.05) is 24.7 Å². The molecule has 13 heteroatoms. The molecule has 1 heterocycles. The van der Waals surface area contributed by atoms with Crippen molar-refractivity contribution < 1.29 is 34.2 Å². The van der Waals surface area contributed by atoms with E-state index in [1.807, 2.05) is 0 Å². The van der Waals surface area contributed by atoms with Crippen LogP contribution in [-0.4, -0.2) is 74.0 Å². The third-order valence-electron chi connectivity index (χ3n) is 5.69. The average molecular weight is 497 g/mol. The Morgan fingerprint density at radius 3 is 2.11 bits per heavy atom. The first-order chi connectivity index (χ1) is 16.4. The van der Waals surface area contributed by atoms with Crippen molar-refractivity contribution in [3.63, 3.8) is 0 Å². The van der Waals surface area contributed by atoms with Crippen molar-refractivity contribution in [2.24, 2.45) is 17.6 Å². The monoisotopic (exact) mass is 496 g/mol. The Balaban J connectivity index is 3.07. The van der Waals surface area contributed by atoms with E-state index in [2.05, 4.69) is 25.9 Å². The predicted octanol–water partition coefficient (Wildman–Crippen LogP) is -0.615. The van der Waals surface area contributed by atoms with E-state index >= 15 is 0 Å². The number of aliphatic carboxylic acids is 2. The van der Waals surface area contributed by atoms with Crippen LogP contribution in [0.3, 0.4) is 0 Å². The maximum atomic E-state index is 13.2. The van der Waals surface area contributed by atoms with Gasteiger partial charge in [-0.3, -0.25) is 19.2 Å². The van der Waals surface area contributed by atoms with Gasteiger partial charge in [0.2, 0.25) is 17.7 Å². The number of rotatable bonds is 15. The molecular formula is C22H36N6O7. The van der Waals surface area contributed by atoms with E-state index in [-0.39, 0.29) is 18.8 Å². The van der Waals surface area contributed by atoms with Crippen molar-refractivity contribution in [1.29, 1.82) is 0 Å². The Hall–Kier alpha value is -3.48. The molecule has 0 spiro atoms. The van der Waals surface area contributed by atoms with Crippen LogP contribution in [0.15, 0.2) is 12.5 Å². The fourth-order valence-electron chi connectivity index (χ4n) is 3.14. The molecule has 0 saturated carbocycles. The third kappa shape index (κ3) is 9.73. The highest BCUT2D eigenvalue weighted by Crippen LogP contribution is 2.11. The molecule has 8 N–H and O–H groups in total. The molecule has 0 radical (unpaired) electrons. The van der Waals surface area contributed by atoms with Crippen LogP contribution < -0.4 is 21.7 Å². The van der Waals surface area contributed by atoms with Gasteiger partial charge < -0.3 is 36.9 Å². The molecule has 13 nitrogen and oxygen atoms in total. The van der Waals surface area contributed by atoms with Crippen LogP contribution in [0, 0.1) is 11.8 Å². The number of imidazole rings is 1. The van der Waals surface area contributed by atoms with Crippen LogP contribution in [-0.2, 0) is 30.4 Å². The molecule has 0 aliphatic rings. The number of aromatic nitrogens is 2. The summed E-state index contributed by atoms with van der Waals surface area (Å²) in [7, 11) is 0. The van der Waals surface area contributed by atoms with Crippen LogP contribution in [0.4, 0.5) is 0 Å². The number of H-pyrrole nitrogens is 1. The molecule has 196 valence electrons. The van der Waals surface area contributed by atoms with Gasteiger partial charge >= 0.3 is 11.9 Å². The van der Waals surface area contributed by atoms with Crippen molar-refractivity contribution >= 4 is 29.7 Å². The highest BCUT2D eigenvalue weighted by atomic mass is 16.4. The molecule has 5 unspecified atom stereocenters. The smallest absolute Gasteiger partial charge is 0.326 e. The zero-order valence-electron chi connectivity index (χ0n) is 20.4. The molecule has 3 amide bonds. The Labute approximate surface area is 203 Å². The largest absolute Gasteiger partial charge is 0.481 e. The number of aromatic amines is 1. The van der Waals surface area contributed by atoms with Gasteiger partial charge in [-0.2, -0.15) is 0 Å². The Morgan fingerprint density at radius 1 is 1.00 bits per heavy atom. The number of nitrogens with zero attached hydrogens (tertiary/aromatic N) is 1. The lowest BCUT2D eigenvalue weighted by Gasteiger charge is -2.28. The maximum Gasteiger partial charge on any atom is 0.326 e. The van der Waals surface area contributed by atoms with E-state index in [0.29, 0.717) is 12.1 Å². The summed E-state index contributed by atoms with van der Waals surface area (Å²) in [5, 5.41) is 25.7. The second kappa shape index (κ2) is 14.0. The van der Waals surface area contributed by atoms with Crippen LogP contribution in [0.1, 0.15) is 52.7 Å². The molecule has 5 atom stereocenters. The maximum absolute atomic E-state index is 13.2. The minimum absolute atomic E-state index is 0.0492. The summed E-state index contributed by atoms with van der Waals surface area (Å²) >= 11 is 0. The van der Waals surface area contributed by atoms with E-state index < -0.39 is 66.2 Å². The Kier molecular flexibility index (Phi) is 11.9. The van der Waals surface area contributed by atoms with Gasteiger partial charge in [0.25, 0.3) is 0 Å². The number of nitrogens with two attached hydrogens (primary N) is 1. The van der Waals surface area contributed by atoms with Gasteiger partial charge in [0.05, 0.1) is 12.4 Å². The van der Waals surface area contributed by atoms with Gasteiger partial charge in [0.15, 0.2) is 0 Å². The Morgan fingerprint density at radius 2 is 1.63 bits per heavy atom. The zero-order valence-corrected chi connectivity index (χ0v) is 20.4. The summed E-state index contributed by atoms with van der Waals surface area (Å²) < 4.78 is 0. The predicted molar refractivity (Wildman–Crippen MR) is 125 cm³/mol. The van der Waals surface area contributed by atoms with E-state index in [4.69, 9.17) is 10.8 Å². The fourth-order valence-corrected chi connectivity index (χ4v) is 3.14. The summed E-state index contributed by atoms with van der Waals surface area (Å²) in [6, 6.07) is -4.51. The molecule has 35 heavy (non-hydrogen) atoms. The number of carboxylic acids is 2. The number of hydrogen-bond acceptors (Lipinski definition) is 7. The molecule has 0 saturated heterocycles. The number of carbonyl (C=O) groups excluding carboxylic acids is 3. The van der Waals surface area contributed by atoms with Crippen molar-refractivity contribution in [3.05, 3.63) is 18.2 Å². The van der Waals surface area contributed by atoms with Crippen LogP contribution in [0.5, 0.6) is 0 Å². The molecule has 0 aromatic carbocycles. The molecule has 0 aliphatic carbocycles. The standard InChI is InChI=1S/C22H36N6O7/c1-5-12(4)18(21(33)26-14(22(34)35)6-7-16(29)30)28-19(31)15(8-13-9-24-10-25-13)27-20(32)17(23)11(2)3/h9-12,14-15,17-18H,5-8,23H2,1-4H3,(H,24,25)(H,26,33)(H,27,32)(H,28,31)(H,29,30)(H,34,35). The fraction of sp³-hybridized carbons (Fsp3) is 0.636. The zero-order chi connectivity index (χ0) is 26.7. The highest BCUT2D eigenvalue weighted by Gasteiger charge is 2.33. The van der Waals surface area contributed by atoms with Gasteiger partial charge in [-0.25, -0.2) is 9.78 Å². The molecular weight excluding hydrogens is 460 g/mol. The van der Waals surface area contributed by atoms with Crippen molar-refractivity contribution in [3.8, 4) is 0 Å². The quantitative estimate of drug-likeness (QED) is 0.164. The number of carbonyl (C=O) groups is 5. The number of nitrogens with one attached hydrogen (secondary N) is 4. The summed E-state index contributed by atoms with van der Waals surface area (Å²) in [5.74, 6) is -5.13. The van der Waals surface area contributed by atoms with Crippen molar-refractivity contribution in [1.82, 2.24) is 25.9 Å². The first kappa shape index (κ1) is 29.6.